The Morgan fingerprint density at radius 1 is 1.35 bits per heavy atom. The van der Waals surface area contributed by atoms with Crippen LogP contribution in [0.1, 0.15) is 32.0 Å². The summed E-state index contributed by atoms with van der Waals surface area (Å²) < 4.78 is 0. The normalized spacial score (nSPS) is 11.4. The van der Waals surface area contributed by atoms with Crippen LogP contribution in [0.25, 0.3) is 0 Å². The highest BCUT2D eigenvalue weighted by Crippen LogP contribution is 2.03. The van der Waals surface area contributed by atoms with Crippen LogP contribution in [0.2, 0.25) is 0 Å². The Morgan fingerprint density at radius 3 is 2.65 bits per heavy atom. The fourth-order valence-corrected chi connectivity index (χ4v) is 1.55. The number of aromatic nitrogens is 1. The lowest BCUT2D eigenvalue weighted by Gasteiger charge is -2.13. The minimum absolute atomic E-state index is 0.695. The van der Waals surface area contributed by atoms with Gasteiger partial charge >= 0.3 is 0 Å². The second-order valence-corrected chi connectivity index (χ2v) is 5.01. The van der Waals surface area contributed by atoms with Gasteiger partial charge in [0.25, 0.3) is 0 Å². The quantitative estimate of drug-likeness (QED) is 0.786. The van der Waals surface area contributed by atoms with E-state index in [0.29, 0.717) is 5.92 Å². The summed E-state index contributed by atoms with van der Waals surface area (Å²) in [4.78, 5) is 6.73. The molecule has 0 fully saturated rings. The maximum atomic E-state index is 4.48. The van der Waals surface area contributed by atoms with E-state index in [1.807, 2.05) is 6.20 Å². The van der Waals surface area contributed by atoms with Gasteiger partial charge in [-0.15, -0.1) is 0 Å². The van der Waals surface area contributed by atoms with Crippen molar-refractivity contribution in [3.8, 4) is 0 Å². The third-order valence-corrected chi connectivity index (χ3v) is 2.74. The molecule has 0 aliphatic rings. The third-order valence-electron chi connectivity index (χ3n) is 2.74. The molecule has 17 heavy (non-hydrogen) atoms. The van der Waals surface area contributed by atoms with E-state index in [0.717, 1.165) is 31.9 Å². The lowest BCUT2D eigenvalue weighted by molar-refractivity contribution is 0.341. The van der Waals surface area contributed by atoms with Gasteiger partial charge in [0, 0.05) is 19.3 Å². The number of rotatable bonds is 7. The highest BCUT2D eigenvalue weighted by Gasteiger charge is 2.00. The van der Waals surface area contributed by atoms with Crippen molar-refractivity contribution in [1.29, 1.82) is 0 Å². The first-order valence-corrected chi connectivity index (χ1v) is 6.45. The van der Waals surface area contributed by atoms with E-state index in [2.05, 4.69) is 55.2 Å². The molecule has 0 atom stereocenters. The average molecular weight is 235 g/mol. The molecule has 3 nitrogen and oxygen atoms in total. The first-order valence-electron chi connectivity index (χ1n) is 6.45. The highest BCUT2D eigenvalue weighted by molar-refractivity contribution is 5.13. The largest absolute Gasteiger partial charge is 0.312 e. The smallest absolute Gasteiger partial charge is 0.0544 e. The van der Waals surface area contributed by atoms with E-state index in [4.69, 9.17) is 0 Å². The van der Waals surface area contributed by atoms with Crippen LogP contribution in [0.5, 0.6) is 0 Å². The van der Waals surface area contributed by atoms with Crippen LogP contribution in [0, 0.1) is 5.92 Å². The van der Waals surface area contributed by atoms with Crippen molar-refractivity contribution < 1.29 is 0 Å². The fourth-order valence-electron chi connectivity index (χ4n) is 1.55. The Balaban J connectivity index is 2.39. The average Bonchev–Trinajstić information content (AvgIpc) is 2.31. The van der Waals surface area contributed by atoms with Gasteiger partial charge in [-0.05, 0) is 37.7 Å². The molecule has 0 saturated carbocycles. The zero-order chi connectivity index (χ0) is 12.7. The van der Waals surface area contributed by atoms with Crippen LogP contribution in [0.4, 0.5) is 0 Å². The van der Waals surface area contributed by atoms with Gasteiger partial charge in [-0.1, -0.05) is 26.8 Å². The molecule has 1 aromatic heterocycles. The molecule has 1 N–H and O–H groups in total. The molecular formula is C14H25N3. The van der Waals surface area contributed by atoms with Gasteiger partial charge in [-0.3, -0.25) is 4.98 Å². The molecule has 0 unspecified atom stereocenters. The Morgan fingerprint density at radius 2 is 2.12 bits per heavy atom. The second kappa shape index (κ2) is 7.41. The zero-order valence-electron chi connectivity index (χ0n) is 11.5. The van der Waals surface area contributed by atoms with E-state index in [-0.39, 0.29) is 0 Å². The van der Waals surface area contributed by atoms with E-state index in [1.54, 1.807) is 0 Å². The van der Waals surface area contributed by atoms with Crippen molar-refractivity contribution in [2.75, 3.05) is 20.1 Å². The van der Waals surface area contributed by atoms with E-state index >= 15 is 0 Å². The highest BCUT2D eigenvalue weighted by atomic mass is 15.1. The van der Waals surface area contributed by atoms with Crippen molar-refractivity contribution in [3.05, 3.63) is 29.6 Å². The van der Waals surface area contributed by atoms with Gasteiger partial charge < -0.3 is 10.2 Å². The molecule has 0 spiro atoms. The lowest BCUT2D eigenvalue weighted by Crippen LogP contribution is -2.19. The Bertz CT molecular complexity index is 306. The standard InChI is InChI=1S/C14H25N3/c1-5-17(4)11-14-7-6-13(10-16-14)9-15-8-12(2)3/h6-7,10,12,15H,5,8-9,11H2,1-4H3. The SMILES string of the molecule is CCN(C)Cc1ccc(CNCC(C)C)cn1. The molecule has 0 bridgehead atoms. The molecule has 0 aromatic carbocycles. The van der Waals surface area contributed by atoms with Crippen LogP contribution in [0.15, 0.2) is 18.3 Å². The first kappa shape index (κ1) is 14.1. The first-order chi connectivity index (χ1) is 8.11. The summed E-state index contributed by atoms with van der Waals surface area (Å²) in [5.41, 5.74) is 2.40. The van der Waals surface area contributed by atoms with Crippen LogP contribution in [0.3, 0.4) is 0 Å². The molecule has 3 heteroatoms. The maximum Gasteiger partial charge on any atom is 0.0544 e. The van der Waals surface area contributed by atoms with Crippen molar-refractivity contribution in [2.24, 2.45) is 5.92 Å². The van der Waals surface area contributed by atoms with Crippen molar-refractivity contribution >= 4 is 0 Å². The molecule has 0 aliphatic carbocycles. The summed E-state index contributed by atoms with van der Waals surface area (Å²) in [5.74, 6) is 0.695. The van der Waals surface area contributed by atoms with Crippen LogP contribution >= 0.6 is 0 Å². The summed E-state index contributed by atoms with van der Waals surface area (Å²) in [6.07, 6.45) is 1.98. The van der Waals surface area contributed by atoms with Gasteiger partial charge in [0.1, 0.15) is 0 Å². The fraction of sp³-hybridized carbons (Fsp3) is 0.643. The molecule has 1 heterocycles. The van der Waals surface area contributed by atoms with Crippen molar-refractivity contribution in [3.63, 3.8) is 0 Å². The Kier molecular flexibility index (Phi) is 6.16. The minimum atomic E-state index is 0.695. The van der Waals surface area contributed by atoms with Gasteiger partial charge in [-0.2, -0.15) is 0 Å². The number of nitrogens with zero attached hydrogens (tertiary/aromatic N) is 2. The topological polar surface area (TPSA) is 28.2 Å². The van der Waals surface area contributed by atoms with E-state index in [1.165, 1.54) is 5.56 Å². The molecule has 1 rings (SSSR count). The molecule has 0 amide bonds. The van der Waals surface area contributed by atoms with Crippen LogP contribution in [-0.4, -0.2) is 30.0 Å². The summed E-state index contributed by atoms with van der Waals surface area (Å²) in [5, 5.41) is 3.42. The molecule has 0 saturated heterocycles. The number of hydrogen-bond donors (Lipinski definition) is 1. The lowest BCUT2D eigenvalue weighted by atomic mass is 10.2. The van der Waals surface area contributed by atoms with Gasteiger partial charge in [-0.25, -0.2) is 0 Å². The second-order valence-electron chi connectivity index (χ2n) is 5.01. The monoisotopic (exact) mass is 235 g/mol. The summed E-state index contributed by atoms with van der Waals surface area (Å²) in [6, 6.07) is 4.29. The number of hydrogen-bond acceptors (Lipinski definition) is 3. The summed E-state index contributed by atoms with van der Waals surface area (Å²) in [7, 11) is 2.11. The van der Waals surface area contributed by atoms with Crippen molar-refractivity contribution in [2.45, 2.75) is 33.9 Å². The van der Waals surface area contributed by atoms with Gasteiger partial charge in [0.05, 0.1) is 5.69 Å². The van der Waals surface area contributed by atoms with Crippen LogP contribution < -0.4 is 5.32 Å². The summed E-state index contributed by atoms with van der Waals surface area (Å²) >= 11 is 0. The maximum absolute atomic E-state index is 4.48. The van der Waals surface area contributed by atoms with E-state index in [9.17, 15) is 0 Å². The molecule has 96 valence electrons. The van der Waals surface area contributed by atoms with Gasteiger partial charge in [0.15, 0.2) is 0 Å². The van der Waals surface area contributed by atoms with Crippen LogP contribution in [-0.2, 0) is 13.1 Å². The predicted molar refractivity (Wildman–Crippen MR) is 72.8 cm³/mol. The summed E-state index contributed by atoms with van der Waals surface area (Å²) in [6.45, 7) is 10.5. The molecular weight excluding hydrogens is 210 g/mol. The van der Waals surface area contributed by atoms with Gasteiger partial charge in [0.2, 0.25) is 0 Å². The zero-order valence-corrected chi connectivity index (χ0v) is 11.5. The Labute approximate surface area is 105 Å². The number of pyridine rings is 1. The van der Waals surface area contributed by atoms with E-state index < -0.39 is 0 Å². The Hall–Kier alpha value is -0.930. The van der Waals surface area contributed by atoms with Crippen molar-refractivity contribution in [1.82, 2.24) is 15.2 Å². The number of nitrogens with one attached hydrogen (secondary N) is 1. The molecule has 0 aliphatic heterocycles. The minimum Gasteiger partial charge on any atom is -0.312 e. The predicted octanol–water partition coefficient (Wildman–Crippen LogP) is 2.28. The third kappa shape index (κ3) is 5.80. The molecule has 1 aromatic rings. The molecule has 0 radical (unpaired) electrons.